The van der Waals surface area contributed by atoms with Gasteiger partial charge in [0.15, 0.2) is 11.5 Å². The van der Waals surface area contributed by atoms with E-state index in [-0.39, 0.29) is 43.0 Å². The van der Waals surface area contributed by atoms with Crippen molar-refractivity contribution in [2.45, 2.75) is 51.0 Å². The number of hydrogen-bond acceptors (Lipinski definition) is 8. The van der Waals surface area contributed by atoms with Crippen LogP contribution in [0, 0.1) is 0 Å². The molecule has 11 heteroatoms. The summed E-state index contributed by atoms with van der Waals surface area (Å²) in [5, 5.41) is 3.18. The Labute approximate surface area is 253 Å². The molecule has 2 aromatic carbocycles. The Balaban J connectivity index is 1.38. The predicted molar refractivity (Wildman–Crippen MR) is 159 cm³/mol. The Morgan fingerprint density at radius 2 is 1.95 bits per heavy atom. The van der Waals surface area contributed by atoms with E-state index in [9.17, 15) is 14.4 Å². The molecule has 3 amide bonds. The Kier molecular flexibility index (Phi) is 10.5. The van der Waals surface area contributed by atoms with E-state index in [2.05, 4.69) is 10.2 Å². The second kappa shape index (κ2) is 14.7. The molecule has 2 atom stereocenters. The molecular weight excluding hydrogens is 552 g/mol. The van der Waals surface area contributed by atoms with E-state index >= 15 is 0 Å². The van der Waals surface area contributed by atoms with Gasteiger partial charge in [-0.1, -0.05) is 18.2 Å². The summed E-state index contributed by atoms with van der Waals surface area (Å²) in [5.74, 6) is 1.67. The first-order chi connectivity index (χ1) is 20.9. The minimum absolute atomic E-state index is 0.0216. The van der Waals surface area contributed by atoms with Gasteiger partial charge in [-0.05, 0) is 54.7 Å². The van der Waals surface area contributed by atoms with E-state index in [1.165, 1.54) is 0 Å². The molecule has 0 spiro atoms. The average molecular weight is 595 g/mol. The highest BCUT2D eigenvalue weighted by Crippen LogP contribution is 2.33. The molecular formula is C32H42N4O7. The number of nitrogens with zero attached hydrogens (tertiary/aromatic N) is 3. The number of amides is 3. The van der Waals surface area contributed by atoms with Crippen molar-refractivity contribution in [2.75, 3.05) is 60.1 Å². The van der Waals surface area contributed by atoms with Crippen molar-refractivity contribution < 1.29 is 33.3 Å². The zero-order valence-corrected chi connectivity index (χ0v) is 25.1. The monoisotopic (exact) mass is 594 g/mol. The highest BCUT2D eigenvalue weighted by atomic mass is 16.5. The van der Waals surface area contributed by atoms with Crippen LogP contribution in [0.5, 0.6) is 17.2 Å². The fraction of sp³-hybridized carbons (Fsp3) is 0.531. The fourth-order valence-electron chi connectivity index (χ4n) is 5.92. The van der Waals surface area contributed by atoms with E-state index in [1.54, 1.807) is 24.0 Å². The highest BCUT2D eigenvalue weighted by molar-refractivity contribution is 5.86. The van der Waals surface area contributed by atoms with E-state index in [1.807, 2.05) is 42.5 Å². The van der Waals surface area contributed by atoms with Gasteiger partial charge in [0.25, 0.3) is 0 Å². The number of carbonyl (C=O) groups excluding carboxylic acids is 3. The maximum Gasteiger partial charge on any atom is 0.242 e. The summed E-state index contributed by atoms with van der Waals surface area (Å²) in [6, 6.07) is 13.1. The zero-order chi connectivity index (χ0) is 30.2. The van der Waals surface area contributed by atoms with Crippen LogP contribution in [0.3, 0.4) is 0 Å². The molecule has 2 fully saturated rings. The molecule has 43 heavy (non-hydrogen) atoms. The predicted octanol–water partition coefficient (Wildman–Crippen LogP) is 2.56. The van der Waals surface area contributed by atoms with E-state index in [0.29, 0.717) is 76.0 Å². The van der Waals surface area contributed by atoms with Crippen LogP contribution < -0.4 is 14.8 Å². The summed E-state index contributed by atoms with van der Waals surface area (Å²) >= 11 is 0. The van der Waals surface area contributed by atoms with Crippen LogP contribution in [-0.4, -0.2) is 105 Å². The number of likely N-dealkylation sites (tertiary alicyclic amines) is 2. The van der Waals surface area contributed by atoms with Crippen LogP contribution >= 0.6 is 0 Å². The van der Waals surface area contributed by atoms with E-state index < -0.39 is 0 Å². The van der Waals surface area contributed by atoms with E-state index in [0.717, 1.165) is 24.0 Å². The number of rotatable bonds is 7. The summed E-state index contributed by atoms with van der Waals surface area (Å²) < 4.78 is 23.5. The molecule has 232 valence electrons. The lowest BCUT2D eigenvalue weighted by Gasteiger charge is -2.39. The molecule has 11 nitrogen and oxygen atoms in total. The van der Waals surface area contributed by atoms with Crippen LogP contribution in [0.1, 0.15) is 36.8 Å². The van der Waals surface area contributed by atoms with E-state index in [4.69, 9.17) is 18.9 Å². The van der Waals surface area contributed by atoms with Gasteiger partial charge in [0.2, 0.25) is 17.7 Å². The number of methoxy groups -OCH3 is 2. The van der Waals surface area contributed by atoms with Gasteiger partial charge in [-0.2, -0.15) is 0 Å². The van der Waals surface area contributed by atoms with Gasteiger partial charge < -0.3 is 34.1 Å². The molecule has 0 aromatic heterocycles. The molecule has 2 saturated heterocycles. The molecule has 0 radical (unpaired) electrons. The first-order valence-electron chi connectivity index (χ1n) is 15.0. The first kappa shape index (κ1) is 30.8. The van der Waals surface area contributed by atoms with Crippen molar-refractivity contribution in [2.24, 2.45) is 0 Å². The average Bonchev–Trinajstić information content (AvgIpc) is 3.40. The number of hydrogen-bond donors (Lipinski definition) is 1. The lowest BCUT2D eigenvalue weighted by atomic mass is 10.0. The largest absolute Gasteiger partial charge is 0.493 e. The molecule has 3 aliphatic rings. The van der Waals surface area contributed by atoms with Gasteiger partial charge in [0, 0.05) is 52.9 Å². The Bertz CT molecular complexity index is 1290. The summed E-state index contributed by atoms with van der Waals surface area (Å²) in [6.45, 7) is 3.78. The molecule has 3 heterocycles. The van der Waals surface area contributed by atoms with Crippen molar-refractivity contribution in [3.63, 3.8) is 0 Å². The normalized spacial score (nSPS) is 21.6. The summed E-state index contributed by atoms with van der Waals surface area (Å²) in [6.07, 6.45) is 2.33. The highest BCUT2D eigenvalue weighted by Gasteiger charge is 2.35. The summed E-state index contributed by atoms with van der Waals surface area (Å²) in [7, 11) is 3.28. The lowest BCUT2D eigenvalue weighted by molar-refractivity contribution is -0.142. The topological polar surface area (TPSA) is 110 Å². The molecule has 0 unspecified atom stereocenters. The number of carbonyl (C=O) groups is 3. The first-order valence-corrected chi connectivity index (χ1v) is 15.0. The minimum atomic E-state index is -0.389. The van der Waals surface area contributed by atoms with Crippen molar-refractivity contribution in [1.29, 1.82) is 0 Å². The SMILES string of the molecule is COCCCN1CC(=O)N[C@H]2CN(C(=O)CN3CCCC3=O)CC[C@H]2OCc2cccc(c2)Oc2cc(ccc2OC)C1. The van der Waals surface area contributed by atoms with Crippen molar-refractivity contribution >= 4 is 17.7 Å². The summed E-state index contributed by atoms with van der Waals surface area (Å²) in [4.78, 5) is 44.2. The number of nitrogens with one attached hydrogen (secondary N) is 1. The van der Waals surface area contributed by atoms with Gasteiger partial charge in [-0.25, -0.2) is 0 Å². The van der Waals surface area contributed by atoms with Crippen LogP contribution in [-0.2, 0) is 37.0 Å². The van der Waals surface area contributed by atoms with Gasteiger partial charge in [0.05, 0.1) is 39.0 Å². The second-order valence-electron chi connectivity index (χ2n) is 11.4. The number of piperidine rings is 1. The quantitative estimate of drug-likeness (QED) is 0.488. The van der Waals surface area contributed by atoms with Crippen LogP contribution in [0.25, 0.3) is 0 Å². The van der Waals surface area contributed by atoms with Gasteiger partial charge >= 0.3 is 0 Å². The number of ether oxygens (including phenoxy) is 4. The van der Waals surface area contributed by atoms with Crippen molar-refractivity contribution in [1.82, 2.24) is 20.0 Å². The third-order valence-electron chi connectivity index (χ3n) is 8.16. The standard InChI is InChI=1S/C32H42N4O7/c1-40-15-5-12-34-18-23-9-10-28(41-2)29(17-23)43-25-7-3-6-24(16-25)22-42-27-11-14-36(19-26(27)33-30(37)20-34)32(39)21-35-13-4-8-31(35)38/h3,6-7,9-10,16-17,26-27H,4-5,8,11-15,18-22H2,1-2H3,(H,33,37)/t26-,27+/m0/s1. The minimum Gasteiger partial charge on any atom is -0.493 e. The molecule has 0 aliphatic carbocycles. The molecule has 3 aliphatic heterocycles. The third-order valence-corrected chi connectivity index (χ3v) is 8.16. The third kappa shape index (κ3) is 8.25. The second-order valence-corrected chi connectivity index (χ2v) is 11.4. The molecule has 0 saturated carbocycles. The van der Waals surface area contributed by atoms with Crippen molar-refractivity contribution in [3.05, 3.63) is 53.6 Å². The van der Waals surface area contributed by atoms with Gasteiger partial charge in [-0.3, -0.25) is 19.3 Å². The Hall–Kier alpha value is -3.67. The van der Waals surface area contributed by atoms with Gasteiger partial charge in [0.1, 0.15) is 5.75 Å². The maximum absolute atomic E-state index is 13.5. The number of fused-ring (bicyclic) bond motifs is 5. The van der Waals surface area contributed by atoms with Crippen LogP contribution in [0.4, 0.5) is 0 Å². The van der Waals surface area contributed by atoms with Crippen LogP contribution in [0.15, 0.2) is 42.5 Å². The zero-order valence-electron chi connectivity index (χ0n) is 25.1. The van der Waals surface area contributed by atoms with Gasteiger partial charge in [-0.15, -0.1) is 0 Å². The fourth-order valence-corrected chi connectivity index (χ4v) is 5.92. The Morgan fingerprint density at radius 1 is 1.07 bits per heavy atom. The van der Waals surface area contributed by atoms with Crippen molar-refractivity contribution in [3.8, 4) is 17.2 Å². The smallest absolute Gasteiger partial charge is 0.242 e. The molecule has 1 N–H and O–H groups in total. The lowest BCUT2D eigenvalue weighted by Crippen LogP contribution is -2.59. The number of benzene rings is 2. The molecule has 4 bridgehead atoms. The molecule has 5 rings (SSSR count). The molecule has 2 aromatic rings. The Morgan fingerprint density at radius 3 is 2.74 bits per heavy atom. The van der Waals surface area contributed by atoms with Crippen LogP contribution in [0.2, 0.25) is 0 Å². The summed E-state index contributed by atoms with van der Waals surface area (Å²) in [5.41, 5.74) is 1.91. The maximum atomic E-state index is 13.5.